The van der Waals surface area contributed by atoms with Crippen molar-refractivity contribution in [2.75, 3.05) is 50.0 Å². The van der Waals surface area contributed by atoms with Crippen LogP contribution in [0.15, 0.2) is 11.6 Å². The summed E-state index contributed by atoms with van der Waals surface area (Å²) in [5.41, 5.74) is 7.20. The number of hydrogen-bond acceptors (Lipinski definition) is 6. The normalized spacial score (nSPS) is 19.6. The molecule has 3 rings (SSSR count). The van der Waals surface area contributed by atoms with Crippen molar-refractivity contribution in [3.63, 3.8) is 0 Å². The Bertz CT molecular complexity index is 563. The van der Waals surface area contributed by atoms with E-state index in [1.807, 2.05) is 4.90 Å². The van der Waals surface area contributed by atoms with Crippen molar-refractivity contribution < 1.29 is 9.53 Å². The Hall–Kier alpha value is -1.60. The molecule has 2 N–H and O–H groups in total. The molecule has 0 aromatic carbocycles. The summed E-state index contributed by atoms with van der Waals surface area (Å²) in [5, 5.41) is 0.823. The van der Waals surface area contributed by atoms with Gasteiger partial charge in [0.2, 0.25) is 0 Å². The Labute approximate surface area is 128 Å². The van der Waals surface area contributed by atoms with E-state index in [1.54, 1.807) is 0 Å². The Morgan fingerprint density at radius 1 is 1.38 bits per heavy atom. The summed E-state index contributed by atoms with van der Waals surface area (Å²) in [5.74, 6) is 0.343. The SMILES string of the molecule is CC1=CCCN(C(=O)c2sc(N3CCOCC3)nc2N)C1. The summed E-state index contributed by atoms with van der Waals surface area (Å²) in [6, 6.07) is 0. The van der Waals surface area contributed by atoms with Crippen LogP contribution in [0.2, 0.25) is 0 Å². The minimum Gasteiger partial charge on any atom is -0.382 e. The van der Waals surface area contributed by atoms with Crippen LogP contribution in [0.1, 0.15) is 23.0 Å². The number of thiazole rings is 1. The van der Waals surface area contributed by atoms with Gasteiger partial charge in [0.15, 0.2) is 5.13 Å². The first kappa shape index (κ1) is 14.3. The molecule has 0 unspecified atom stereocenters. The van der Waals surface area contributed by atoms with Crippen LogP contribution >= 0.6 is 11.3 Å². The number of aromatic nitrogens is 1. The molecule has 0 radical (unpaired) electrons. The Kier molecular flexibility index (Phi) is 4.12. The number of carbonyl (C=O) groups is 1. The lowest BCUT2D eigenvalue weighted by Gasteiger charge is -2.26. The van der Waals surface area contributed by atoms with Gasteiger partial charge in [0.05, 0.1) is 13.2 Å². The monoisotopic (exact) mass is 308 g/mol. The van der Waals surface area contributed by atoms with Gasteiger partial charge in [0.25, 0.3) is 5.91 Å². The number of amides is 1. The average molecular weight is 308 g/mol. The van der Waals surface area contributed by atoms with Gasteiger partial charge in [-0.25, -0.2) is 4.98 Å². The van der Waals surface area contributed by atoms with Crippen molar-refractivity contribution in [3.8, 4) is 0 Å². The van der Waals surface area contributed by atoms with E-state index in [-0.39, 0.29) is 5.91 Å². The van der Waals surface area contributed by atoms with Gasteiger partial charge in [-0.05, 0) is 13.3 Å². The molecule has 6 nitrogen and oxygen atoms in total. The highest BCUT2D eigenvalue weighted by molar-refractivity contribution is 7.18. The van der Waals surface area contributed by atoms with Crippen molar-refractivity contribution in [3.05, 3.63) is 16.5 Å². The fourth-order valence-corrected chi connectivity index (χ4v) is 3.60. The summed E-state index contributed by atoms with van der Waals surface area (Å²) in [7, 11) is 0. The number of ether oxygens (including phenoxy) is 1. The van der Waals surface area contributed by atoms with Crippen LogP contribution in [-0.2, 0) is 4.74 Å². The number of carbonyl (C=O) groups excluding carboxylic acids is 1. The lowest BCUT2D eigenvalue weighted by molar-refractivity contribution is 0.0771. The third kappa shape index (κ3) is 3.03. The van der Waals surface area contributed by atoms with E-state index in [0.717, 1.165) is 31.2 Å². The molecule has 0 saturated carbocycles. The molecule has 114 valence electrons. The minimum absolute atomic E-state index is 0.00282. The van der Waals surface area contributed by atoms with Crippen molar-refractivity contribution >= 4 is 28.2 Å². The van der Waals surface area contributed by atoms with E-state index >= 15 is 0 Å². The summed E-state index contributed by atoms with van der Waals surface area (Å²) in [6.07, 6.45) is 3.09. The molecule has 3 heterocycles. The van der Waals surface area contributed by atoms with Crippen LogP contribution in [0.3, 0.4) is 0 Å². The summed E-state index contributed by atoms with van der Waals surface area (Å²) in [4.78, 5) is 21.5. The Balaban J connectivity index is 1.77. The van der Waals surface area contributed by atoms with E-state index in [0.29, 0.717) is 30.5 Å². The van der Waals surface area contributed by atoms with Crippen molar-refractivity contribution in [2.45, 2.75) is 13.3 Å². The van der Waals surface area contributed by atoms with E-state index in [1.165, 1.54) is 16.9 Å². The maximum Gasteiger partial charge on any atom is 0.268 e. The summed E-state index contributed by atoms with van der Waals surface area (Å²) >= 11 is 1.39. The molecule has 1 saturated heterocycles. The minimum atomic E-state index is -0.00282. The van der Waals surface area contributed by atoms with Gasteiger partial charge in [-0.3, -0.25) is 4.79 Å². The van der Waals surface area contributed by atoms with Crippen LogP contribution in [0, 0.1) is 0 Å². The van der Waals surface area contributed by atoms with Gasteiger partial charge in [0.1, 0.15) is 10.7 Å². The van der Waals surface area contributed by atoms with Crippen LogP contribution in [0.5, 0.6) is 0 Å². The second kappa shape index (κ2) is 6.03. The number of anilines is 2. The quantitative estimate of drug-likeness (QED) is 0.835. The number of nitrogen functional groups attached to an aromatic ring is 1. The first-order chi connectivity index (χ1) is 10.1. The maximum atomic E-state index is 12.6. The molecule has 1 amide bonds. The highest BCUT2D eigenvalue weighted by atomic mass is 32.1. The smallest absolute Gasteiger partial charge is 0.268 e. The zero-order chi connectivity index (χ0) is 14.8. The van der Waals surface area contributed by atoms with Crippen molar-refractivity contribution in [2.24, 2.45) is 0 Å². The second-order valence-corrected chi connectivity index (χ2v) is 6.35. The molecule has 21 heavy (non-hydrogen) atoms. The predicted molar refractivity (Wildman–Crippen MR) is 83.8 cm³/mol. The Morgan fingerprint density at radius 3 is 2.86 bits per heavy atom. The molecule has 0 bridgehead atoms. The highest BCUT2D eigenvalue weighted by Crippen LogP contribution is 2.30. The molecule has 2 aliphatic heterocycles. The molecular formula is C14H20N4O2S. The molecule has 7 heteroatoms. The predicted octanol–water partition coefficient (Wildman–Crippen LogP) is 1.35. The molecule has 1 aromatic rings. The van der Waals surface area contributed by atoms with Gasteiger partial charge in [-0.2, -0.15) is 0 Å². The van der Waals surface area contributed by atoms with Gasteiger partial charge in [-0.15, -0.1) is 0 Å². The standard InChI is InChI=1S/C14H20N4O2S/c1-10-3-2-4-18(9-10)13(19)11-12(15)16-14(21-11)17-5-7-20-8-6-17/h3H,2,4-9,15H2,1H3. The highest BCUT2D eigenvalue weighted by Gasteiger charge is 2.25. The van der Waals surface area contributed by atoms with Crippen LogP contribution in [0.25, 0.3) is 0 Å². The Morgan fingerprint density at radius 2 is 2.14 bits per heavy atom. The van der Waals surface area contributed by atoms with Crippen LogP contribution in [0.4, 0.5) is 10.9 Å². The average Bonchev–Trinajstić information content (AvgIpc) is 2.89. The number of nitrogens with two attached hydrogens (primary N) is 1. The molecule has 0 spiro atoms. The summed E-state index contributed by atoms with van der Waals surface area (Å²) < 4.78 is 5.34. The van der Waals surface area contributed by atoms with Gasteiger partial charge < -0.3 is 20.3 Å². The maximum absolute atomic E-state index is 12.6. The van der Waals surface area contributed by atoms with Crippen LogP contribution in [-0.4, -0.2) is 55.2 Å². The molecular weight excluding hydrogens is 288 g/mol. The lowest BCUT2D eigenvalue weighted by Crippen LogP contribution is -2.36. The third-order valence-corrected chi connectivity index (χ3v) is 4.86. The van der Waals surface area contributed by atoms with Crippen LogP contribution < -0.4 is 10.6 Å². The van der Waals surface area contributed by atoms with Crippen molar-refractivity contribution in [1.29, 1.82) is 0 Å². The number of rotatable bonds is 2. The van der Waals surface area contributed by atoms with Gasteiger partial charge in [-0.1, -0.05) is 23.0 Å². The zero-order valence-corrected chi connectivity index (χ0v) is 13.0. The van der Waals surface area contributed by atoms with E-state index < -0.39 is 0 Å². The fraction of sp³-hybridized carbons (Fsp3) is 0.571. The van der Waals surface area contributed by atoms with E-state index in [9.17, 15) is 4.79 Å². The summed E-state index contributed by atoms with van der Waals surface area (Å²) in [6.45, 7) is 6.47. The topological polar surface area (TPSA) is 71.7 Å². The molecule has 0 atom stereocenters. The van der Waals surface area contributed by atoms with E-state index in [4.69, 9.17) is 10.5 Å². The largest absolute Gasteiger partial charge is 0.382 e. The first-order valence-corrected chi connectivity index (χ1v) is 8.00. The first-order valence-electron chi connectivity index (χ1n) is 7.19. The lowest BCUT2D eigenvalue weighted by atomic mass is 10.1. The number of morpholine rings is 1. The molecule has 1 aromatic heterocycles. The zero-order valence-electron chi connectivity index (χ0n) is 12.2. The van der Waals surface area contributed by atoms with Gasteiger partial charge >= 0.3 is 0 Å². The third-order valence-electron chi connectivity index (χ3n) is 3.74. The van der Waals surface area contributed by atoms with Gasteiger partial charge in [0, 0.05) is 26.2 Å². The van der Waals surface area contributed by atoms with Crippen molar-refractivity contribution in [1.82, 2.24) is 9.88 Å². The molecule has 0 aliphatic carbocycles. The number of hydrogen-bond donors (Lipinski definition) is 1. The molecule has 2 aliphatic rings. The molecule has 1 fully saturated rings. The second-order valence-electron chi connectivity index (χ2n) is 5.38. The van der Waals surface area contributed by atoms with E-state index in [2.05, 4.69) is 22.9 Å². The fourth-order valence-electron chi connectivity index (χ4n) is 2.59. The number of nitrogens with zero attached hydrogens (tertiary/aromatic N) is 3.